The summed E-state index contributed by atoms with van der Waals surface area (Å²) in [7, 11) is 0. The van der Waals surface area contributed by atoms with E-state index in [9.17, 15) is 4.79 Å². The van der Waals surface area contributed by atoms with Gasteiger partial charge in [0.2, 0.25) is 0 Å². The van der Waals surface area contributed by atoms with Crippen LogP contribution in [0.2, 0.25) is 0 Å². The van der Waals surface area contributed by atoms with Gasteiger partial charge in [0.25, 0.3) is 5.91 Å². The zero-order valence-electron chi connectivity index (χ0n) is 14.7. The average Bonchev–Trinajstić information content (AvgIpc) is 2.91. The molecule has 1 aliphatic heterocycles. The number of ether oxygens (including phenoxy) is 1. The van der Waals surface area contributed by atoms with E-state index in [1.807, 2.05) is 0 Å². The van der Waals surface area contributed by atoms with Crippen LogP contribution in [0.3, 0.4) is 0 Å². The van der Waals surface area contributed by atoms with Crippen LogP contribution < -0.4 is 15.8 Å². The highest BCUT2D eigenvalue weighted by atomic mass is 16.5. The Morgan fingerprint density at radius 1 is 1.17 bits per heavy atom. The Labute approximate surface area is 144 Å². The predicted octanol–water partition coefficient (Wildman–Crippen LogP) is 2.63. The third-order valence-corrected chi connectivity index (χ3v) is 6.33. The molecule has 4 heteroatoms. The maximum Gasteiger partial charge on any atom is 0.261 e. The molecule has 2 aliphatic carbocycles. The van der Waals surface area contributed by atoms with Gasteiger partial charge in [-0.3, -0.25) is 4.79 Å². The lowest BCUT2D eigenvalue weighted by Gasteiger charge is -2.45. The van der Waals surface area contributed by atoms with Crippen molar-refractivity contribution >= 4 is 5.91 Å². The van der Waals surface area contributed by atoms with Crippen LogP contribution in [-0.2, 0) is 11.2 Å². The Morgan fingerprint density at radius 3 is 2.54 bits per heavy atom. The molecule has 3 aliphatic rings. The summed E-state index contributed by atoms with van der Waals surface area (Å²) in [6.45, 7) is 4.19. The fourth-order valence-electron chi connectivity index (χ4n) is 4.94. The lowest BCUT2D eigenvalue weighted by atomic mass is 9.67. The Morgan fingerprint density at radius 2 is 1.83 bits per heavy atom. The number of carbonyl (C=O) groups excluding carboxylic acids is 1. The average molecular weight is 328 g/mol. The highest BCUT2D eigenvalue weighted by Crippen LogP contribution is 2.40. The number of benzene rings is 1. The van der Waals surface area contributed by atoms with Crippen LogP contribution in [0.4, 0.5) is 0 Å². The van der Waals surface area contributed by atoms with Crippen molar-refractivity contribution in [3.8, 4) is 5.75 Å². The summed E-state index contributed by atoms with van der Waals surface area (Å²) < 4.78 is 5.95. The minimum absolute atomic E-state index is 0.0545. The highest BCUT2D eigenvalue weighted by molar-refractivity contribution is 5.83. The molecule has 2 saturated carbocycles. The van der Waals surface area contributed by atoms with Gasteiger partial charge < -0.3 is 15.8 Å². The molecule has 2 fully saturated rings. The van der Waals surface area contributed by atoms with Crippen molar-refractivity contribution in [3.63, 3.8) is 0 Å². The van der Waals surface area contributed by atoms with E-state index in [-0.39, 0.29) is 12.0 Å². The Bertz CT molecular complexity index is 612. The number of amides is 1. The fourth-order valence-corrected chi connectivity index (χ4v) is 4.94. The number of fused-ring (bicyclic) bond motifs is 3. The molecule has 0 spiro atoms. The molecule has 3 unspecified atom stereocenters. The van der Waals surface area contributed by atoms with Crippen LogP contribution in [0.15, 0.2) is 12.1 Å². The number of nitrogens with one attached hydrogen (secondary N) is 1. The maximum absolute atomic E-state index is 12.8. The van der Waals surface area contributed by atoms with Crippen molar-refractivity contribution < 1.29 is 9.53 Å². The van der Waals surface area contributed by atoms with E-state index >= 15 is 0 Å². The first-order chi connectivity index (χ1) is 11.5. The smallest absolute Gasteiger partial charge is 0.261 e. The second kappa shape index (κ2) is 6.07. The van der Waals surface area contributed by atoms with Gasteiger partial charge in [0.15, 0.2) is 6.10 Å². The SMILES string of the molecule is Cc1cc2c(cc1C)OC(C(=O)NC1C3CCCC1CC(N)C3)C2. The molecule has 1 heterocycles. The summed E-state index contributed by atoms with van der Waals surface area (Å²) in [5.74, 6) is 2.03. The van der Waals surface area contributed by atoms with Crippen molar-refractivity contribution in [3.05, 3.63) is 28.8 Å². The van der Waals surface area contributed by atoms with Crippen molar-refractivity contribution in [2.24, 2.45) is 17.6 Å². The van der Waals surface area contributed by atoms with E-state index < -0.39 is 0 Å². The lowest BCUT2D eigenvalue weighted by Crippen LogP contribution is -2.55. The van der Waals surface area contributed by atoms with E-state index in [4.69, 9.17) is 10.5 Å². The first kappa shape index (κ1) is 15.9. The summed E-state index contributed by atoms with van der Waals surface area (Å²) >= 11 is 0. The molecule has 0 aromatic heterocycles. The molecule has 1 amide bonds. The molecule has 0 saturated heterocycles. The number of hydrogen-bond donors (Lipinski definition) is 2. The van der Waals surface area contributed by atoms with Crippen molar-refractivity contribution in [2.75, 3.05) is 0 Å². The van der Waals surface area contributed by atoms with Gasteiger partial charge >= 0.3 is 0 Å². The third kappa shape index (κ3) is 2.81. The van der Waals surface area contributed by atoms with Crippen LogP contribution >= 0.6 is 0 Å². The molecule has 1 aromatic rings. The van der Waals surface area contributed by atoms with E-state index in [0.29, 0.717) is 30.3 Å². The number of aryl methyl sites for hydroxylation is 2. The zero-order chi connectivity index (χ0) is 16.8. The number of rotatable bonds is 2. The number of carbonyl (C=O) groups is 1. The Kier molecular flexibility index (Phi) is 4.03. The first-order valence-corrected chi connectivity index (χ1v) is 9.34. The van der Waals surface area contributed by atoms with Gasteiger partial charge in [0.1, 0.15) is 5.75 Å². The van der Waals surface area contributed by atoms with Gasteiger partial charge in [-0.25, -0.2) is 0 Å². The Balaban J connectivity index is 1.44. The van der Waals surface area contributed by atoms with Gasteiger partial charge in [-0.05, 0) is 74.1 Å². The van der Waals surface area contributed by atoms with Gasteiger partial charge in [-0.2, -0.15) is 0 Å². The second-order valence-electron chi connectivity index (χ2n) is 8.07. The van der Waals surface area contributed by atoms with Gasteiger partial charge in [-0.1, -0.05) is 12.5 Å². The fraction of sp³-hybridized carbons (Fsp3) is 0.650. The summed E-state index contributed by atoms with van der Waals surface area (Å²) in [6, 6.07) is 4.83. The van der Waals surface area contributed by atoms with E-state index in [1.165, 1.54) is 30.4 Å². The molecule has 4 rings (SSSR count). The minimum atomic E-state index is -0.377. The normalized spacial score (nSPS) is 34.4. The summed E-state index contributed by atoms with van der Waals surface area (Å²) in [5.41, 5.74) is 9.82. The van der Waals surface area contributed by atoms with E-state index in [0.717, 1.165) is 24.2 Å². The molecular weight excluding hydrogens is 300 g/mol. The van der Waals surface area contributed by atoms with Gasteiger partial charge in [0.05, 0.1) is 0 Å². The first-order valence-electron chi connectivity index (χ1n) is 9.34. The largest absolute Gasteiger partial charge is 0.480 e. The molecule has 24 heavy (non-hydrogen) atoms. The van der Waals surface area contributed by atoms with Gasteiger partial charge in [-0.15, -0.1) is 0 Å². The van der Waals surface area contributed by atoms with E-state index in [2.05, 4.69) is 31.3 Å². The van der Waals surface area contributed by atoms with Crippen LogP contribution in [-0.4, -0.2) is 24.1 Å². The molecule has 1 aromatic carbocycles. The van der Waals surface area contributed by atoms with Gasteiger partial charge in [0, 0.05) is 18.5 Å². The number of hydrogen-bond acceptors (Lipinski definition) is 3. The highest BCUT2D eigenvalue weighted by Gasteiger charge is 2.41. The molecule has 3 N–H and O–H groups in total. The molecule has 3 atom stereocenters. The molecule has 130 valence electrons. The zero-order valence-corrected chi connectivity index (χ0v) is 14.7. The quantitative estimate of drug-likeness (QED) is 0.877. The summed E-state index contributed by atoms with van der Waals surface area (Å²) in [6.07, 6.45) is 6.07. The van der Waals surface area contributed by atoms with E-state index in [1.54, 1.807) is 0 Å². The Hall–Kier alpha value is -1.55. The topological polar surface area (TPSA) is 64.3 Å². The molecule has 0 radical (unpaired) electrons. The molecule has 2 bridgehead atoms. The lowest BCUT2D eigenvalue weighted by molar-refractivity contribution is -0.129. The third-order valence-electron chi connectivity index (χ3n) is 6.33. The summed E-state index contributed by atoms with van der Waals surface area (Å²) in [4.78, 5) is 12.8. The summed E-state index contributed by atoms with van der Waals surface area (Å²) in [5, 5.41) is 3.33. The predicted molar refractivity (Wildman–Crippen MR) is 94.0 cm³/mol. The van der Waals surface area contributed by atoms with Crippen LogP contribution in [0.25, 0.3) is 0 Å². The van der Waals surface area contributed by atoms with Crippen LogP contribution in [0, 0.1) is 25.7 Å². The molecule has 4 nitrogen and oxygen atoms in total. The van der Waals surface area contributed by atoms with Crippen LogP contribution in [0.5, 0.6) is 5.75 Å². The number of nitrogens with two attached hydrogens (primary N) is 1. The second-order valence-corrected chi connectivity index (χ2v) is 8.07. The minimum Gasteiger partial charge on any atom is -0.480 e. The monoisotopic (exact) mass is 328 g/mol. The standard InChI is InChI=1S/C20H28N2O2/c1-11-6-15-10-18(24-17(15)7-12(11)2)20(23)22-19-13-4-3-5-14(19)9-16(21)8-13/h6-7,13-14,16,18-19H,3-5,8-10,21H2,1-2H3,(H,22,23). The van der Waals surface area contributed by atoms with Crippen molar-refractivity contribution in [1.82, 2.24) is 5.32 Å². The van der Waals surface area contributed by atoms with Crippen molar-refractivity contribution in [1.29, 1.82) is 0 Å². The van der Waals surface area contributed by atoms with Crippen molar-refractivity contribution in [2.45, 2.75) is 70.6 Å². The molecular formula is C20H28N2O2. The van der Waals surface area contributed by atoms with Crippen LogP contribution in [0.1, 0.15) is 48.8 Å². The maximum atomic E-state index is 12.8.